The first-order chi connectivity index (χ1) is 7.65. The van der Waals surface area contributed by atoms with Crippen LogP contribution >= 0.6 is 0 Å². The van der Waals surface area contributed by atoms with Gasteiger partial charge in [0.25, 0.3) is 0 Å². The van der Waals surface area contributed by atoms with Crippen LogP contribution in [0.4, 0.5) is 0 Å². The maximum absolute atomic E-state index is 9.53. The molecule has 2 heterocycles. The minimum Gasteiger partial charge on any atom is -0.393 e. The number of likely N-dealkylation sites (tertiary alicyclic amines) is 1. The molecule has 1 saturated heterocycles. The molecule has 3 heteroatoms. The van der Waals surface area contributed by atoms with Crippen LogP contribution in [0, 0.1) is 12.8 Å². The lowest BCUT2D eigenvalue weighted by Gasteiger charge is -2.16. The van der Waals surface area contributed by atoms with Crippen LogP contribution in [0.1, 0.15) is 24.6 Å². The van der Waals surface area contributed by atoms with Crippen LogP contribution in [0.2, 0.25) is 0 Å². The van der Waals surface area contributed by atoms with E-state index in [1.54, 1.807) is 0 Å². The molecule has 3 nitrogen and oxygen atoms in total. The highest BCUT2D eigenvalue weighted by atomic mass is 16.3. The summed E-state index contributed by atoms with van der Waals surface area (Å²) in [5, 5.41) is 9.53. The van der Waals surface area contributed by atoms with Gasteiger partial charge in [-0.15, -0.1) is 0 Å². The zero-order valence-electron chi connectivity index (χ0n) is 10.1. The Morgan fingerprint density at radius 3 is 2.94 bits per heavy atom. The first kappa shape index (κ1) is 11.6. The fraction of sp³-hybridized carbons (Fsp3) is 0.615. The molecule has 0 saturated carbocycles. The second kappa shape index (κ2) is 4.93. The molecule has 0 aromatic carbocycles. The number of pyridine rings is 1. The van der Waals surface area contributed by atoms with E-state index >= 15 is 0 Å². The molecule has 2 atom stereocenters. The Labute approximate surface area is 97.1 Å². The summed E-state index contributed by atoms with van der Waals surface area (Å²) in [7, 11) is 0. The van der Waals surface area contributed by atoms with Gasteiger partial charge in [0, 0.05) is 19.3 Å². The van der Waals surface area contributed by atoms with Crippen molar-refractivity contribution in [1.82, 2.24) is 9.88 Å². The second-order valence-corrected chi connectivity index (χ2v) is 4.85. The van der Waals surface area contributed by atoms with Gasteiger partial charge >= 0.3 is 0 Å². The molecule has 1 aliphatic rings. The van der Waals surface area contributed by atoms with E-state index in [1.807, 2.05) is 13.1 Å². The molecule has 1 fully saturated rings. The standard InChI is InChI=1S/C13H20N2O/c1-10-3-4-13(14-7-10)9-15-6-5-12(8-15)11(2)16/h3-4,7,11-12,16H,5-6,8-9H2,1-2H3. The number of hydrogen-bond donors (Lipinski definition) is 1. The van der Waals surface area contributed by atoms with E-state index in [-0.39, 0.29) is 6.10 Å². The molecule has 0 bridgehead atoms. The van der Waals surface area contributed by atoms with Gasteiger partial charge in [-0.3, -0.25) is 9.88 Å². The molecule has 1 aliphatic heterocycles. The Bertz CT molecular complexity index is 334. The summed E-state index contributed by atoms with van der Waals surface area (Å²) in [5.41, 5.74) is 2.32. The van der Waals surface area contributed by atoms with Crippen molar-refractivity contribution < 1.29 is 5.11 Å². The van der Waals surface area contributed by atoms with Crippen molar-refractivity contribution in [1.29, 1.82) is 0 Å². The fourth-order valence-electron chi connectivity index (χ4n) is 2.22. The van der Waals surface area contributed by atoms with Crippen molar-refractivity contribution in [3.63, 3.8) is 0 Å². The Kier molecular flexibility index (Phi) is 3.56. The maximum Gasteiger partial charge on any atom is 0.0552 e. The Hall–Kier alpha value is -0.930. The van der Waals surface area contributed by atoms with Crippen molar-refractivity contribution >= 4 is 0 Å². The summed E-state index contributed by atoms with van der Waals surface area (Å²) in [5.74, 6) is 0.436. The van der Waals surface area contributed by atoms with Gasteiger partial charge in [0.05, 0.1) is 11.8 Å². The van der Waals surface area contributed by atoms with E-state index in [4.69, 9.17) is 0 Å². The number of aromatic nitrogens is 1. The van der Waals surface area contributed by atoms with Crippen LogP contribution in [0.15, 0.2) is 18.3 Å². The van der Waals surface area contributed by atoms with Gasteiger partial charge in [-0.2, -0.15) is 0 Å². The molecule has 1 aromatic heterocycles. The molecular formula is C13H20N2O. The average Bonchev–Trinajstić information content (AvgIpc) is 2.70. The first-order valence-electron chi connectivity index (χ1n) is 5.97. The Balaban J connectivity index is 1.89. The van der Waals surface area contributed by atoms with Crippen molar-refractivity contribution in [2.75, 3.05) is 13.1 Å². The van der Waals surface area contributed by atoms with Crippen LogP contribution in [0.25, 0.3) is 0 Å². The molecule has 0 radical (unpaired) electrons. The van der Waals surface area contributed by atoms with Gasteiger partial charge in [0.1, 0.15) is 0 Å². The van der Waals surface area contributed by atoms with E-state index in [0.29, 0.717) is 5.92 Å². The van der Waals surface area contributed by atoms with E-state index in [0.717, 1.165) is 31.7 Å². The van der Waals surface area contributed by atoms with Gasteiger partial charge in [-0.1, -0.05) is 6.07 Å². The van der Waals surface area contributed by atoms with Gasteiger partial charge < -0.3 is 5.11 Å². The van der Waals surface area contributed by atoms with Crippen LogP contribution in [-0.2, 0) is 6.54 Å². The summed E-state index contributed by atoms with van der Waals surface area (Å²) in [6.07, 6.45) is 2.83. The number of hydrogen-bond acceptors (Lipinski definition) is 3. The van der Waals surface area contributed by atoms with Gasteiger partial charge in [0.2, 0.25) is 0 Å². The highest BCUT2D eigenvalue weighted by Crippen LogP contribution is 2.20. The topological polar surface area (TPSA) is 36.4 Å². The number of aryl methyl sites for hydroxylation is 1. The minimum atomic E-state index is -0.184. The van der Waals surface area contributed by atoms with Crippen LogP contribution in [0.5, 0.6) is 0 Å². The van der Waals surface area contributed by atoms with E-state index in [9.17, 15) is 5.11 Å². The number of rotatable bonds is 3. The molecule has 16 heavy (non-hydrogen) atoms. The summed E-state index contributed by atoms with van der Waals surface area (Å²) in [6, 6.07) is 4.19. The molecule has 88 valence electrons. The van der Waals surface area contributed by atoms with Crippen molar-refractivity contribution in [3.8, 4) is 0 Å². The first-order valence-corrected chi connectivity index (χ1v) is 5.97. The quantitative estimate of drug-likeness (QED) is 0.840. The van der Waals surface area contributed by atoms with Crippen molar-refractivity contribution in [2.45, 2.75) is 32.9 Å². The molecule has 1 aromatic rings. The maximum atomic E-state index is 9.53. The lowest BCUT2D eigenvalue weighted by Crippen LogP contribution is -2.24. The van der Waals surface area contributed by atoms with E-state index in [1.165, 1.54) is 5.56 Å². The van der Waals surface area contributed by atoms with Gasteiger partial charge in [0.15, 0.2) is 0 Å². The summed E-state index contributed by atoms with van der Waals surface area (Å²) in [4.78, 5) is 6.78. The van der Waals surface area contributed by atoms with Crippen LogP contribution in [0.3, 0.4) is 0 Å². The third-order valence-electron chi connectivity index (χ3n) is 3.35. The molecule has 0 amide bonds. The third kappa shape index (κ3) is 2.80. The molecule has 0 spiro atoms. The zero-order valence-corrected chi connectivity index (χ0v) is 10.1. The lowest BCUT2D eigenvalue weighted by molar-refractivity contribution is 0.127. The lowest BCUT2D eigenvalue weighted by atomic mass is 10.0. The number of nitrogens with zero attached hydrogens (tertiary/aromatic N) is 2. The normalized spacial score (nSPS) is 23.6. The number of aliphatic hydroxyl groups is 1. The van der Waals surface area contributed by atoms with Gasteiger partial charge in [-0.25, -0.2) is 0 Å². The van der Waals surface area contributed by atoms with E-state index < -0.39 is 0 Å². The third-order valence-corrected chi connectivity index (χ3v) is 3.35. The predicted molar refractivity (Wildman–Crippen MR) is 64.0 cm³/mol. The highest BCUT2D eigenvalue weighted by molar-refractivity contribution is 5.12. The predicted octanol–water partition coefficient (Wildman–Crippen LogP) is 1.59. The van der Waals surface area contributed by atoms with Crippen molar-refractivity contribution in [2.24, 2.45) is 5.92 Å². The molecule has 1 N–H and O–H groups in total. The van der Waals surface area contributed by atoms with Gasteiger partial charge in [-0.05, 0) is 44.4 Å². The molecule has 2 unspecified atom stereocenters. The molecule has 2 rings (SSSR count). The average molecular weight is 220 g/mol. The zero-order chi connectivity index (χ0) is 11.5. The number of aliphatic hydroxyl groups excluding tert-OH is 1. The second-order valence-electron chi connectivity index (χ2n) is 4.85. The molecular weight excluding hydrogens is 200 g/mol. The summed E-state index contributed by atoms with van der Waals surface area (Å²) >= 11 is 0. The summed E-state index contributed by atoms with van der Waals surface area (Å²) < 4.78 is 0. The van der Waals surface area contributed by atoms with Crippen LogP contribution in [-0.4, -0.2) is 34.2 Å². The SMILES string of the molecule is Cc1ccc(CN2CCC(C(C)O)C2)nc1. The highest BCUT2D eigenvalue weighted by Gasteiger charge is 2.25. The largest absolute Gasteiger partial charge is 0.393 e. The van der Waals surface area contributed by atoms with Crippen molar-refractivity contribution in [3.05, 3.63) is 29.6 Å². The minimum absolute atomic E-state index is 0.184. The smallest absolute Gasteiger partial charge is 0.0552 e. The Morgan fingerprint density at radius 1 is 1.56 bits per heavy atom. The monoisotopic (exact) mass is 220 g/mol. The van der Waals surface area contributed by atoms with Crippen LogP contribution < -0.4 is 0 Å². The fourth-order valence-corrected chi connectivity index (χ4v) is 2.22. The van der Waals surface area contributed by atoms with E-state index in [2.05, 4.69) is 28.9 Å². The summed E-state index contributed by atoms with van der Waals surface area (Å²) in [6.45, 7) is 6.91. The Morgan fingerprint density at radius 2 is 2.38 bits per heavy atom. The molecule has 0 aliphatic carbocycles.